The zero-order chi connectivity index (χ0) is 22.8. The summed E-state index contributed by atoms with van der Waals surface area (Å²) in [7, 11) is 0. The molecule has 1 fully saturated rings. The van der Waals surface area contributed by atoms with E-state index in [0.29, 0.717) is 22.4 Å². The lowest BCUT2D eigenvalue weighted by molar-refractivity contribution is 0.420. The average Bonchev–Trinajstić information content (AvgIpc) is 3.57. The first-order valence-electron chi connectivity index (χ1n) is 10.8. The number of nitriles is 1. The number of hydrogen-bond donors (Lipinski definition) is 2. The van der Waals surface area contributed by atoms with E-state index in [4.69, 9.17) is 0 Å². The Labute approximate surface area is 194 Å². The van der Waals surface area contributed by atoms with E-state index < -0.39 is 0 Å². The molecule has 166 valence electrons. The van der Waals surface area contributed by atoms with Crippen molar-refractivity contribution in [2.45, 2.75) is 36.9 Å². The number of aliphatic hydroxyl groups is 1. The van der Waals surface area contributed by atoms with Crippen LogP contribution >= 0.6 is 11.8 Å². The van der Waals surface area contributed by atoms with Crippen LogP contribution in [-0.2, 0) is 0 Å². The predicted octanol–water partition coefficient (Wildman–Crippen LogP) is 5.66. The highest BCUT2D eigenvalue weighted by molar-refractivity contribution is 7.99. The second kappa shape index (κ2) is 9.08. The molecule has 33 heavy (non-hydrogen) atoms. The number of imidazole rings is 1. The largest absolute Gasteiger partial charge is 0.510 e. The quantitative estimate of drug-likeness (QED) is 0.219. The van der Waals surface area contributed by atoms with Gasteiger partial charge < -0.3 is 10.1 Å². The number of para-hydroxylation sites is 2. The molecule has 0 atom stereocenters. The van der Waals surface area contributed by atoms with Crippen molar-refractivity contribution in [2.75, 3.05) is 5.75 Å². The van der Waals surface area contributed by atoms with Gasteiger partial charge in [0.2, 0.25) is 0 Å². The summed E-state index contributed by atoms with van der Waals surface area (Å²) in [5, 5.41) is 29.6. The van der Waals surface area contributed by atoms with Gasteiger partial charge in [-0.2, -0.15) is 5.26 Å². The zero-order valence-corrected chi connectivity index (χ0v) is 18.5. The first-order chi connectivity index (χ1) is 16.2. The van der Waals surface area contributed by atoms with Gasteiger partial charge in [-0.3, -0.25) is 4.57 Å². The van der Waals surface area contributed by atoms with Gasteiger partial charge in [0.05, 0.1) is 22.3 Å². The maximum Gasteiger partial charge on any atom is 0.192 e. The summed E-state index contributed by atoms with van der Waals surface area (Å²) in [6.45, 7) is 0. The molecule has 2 aromatic carbocycles. The van der Waals surface area contributed by atoms with Crippen LogP contribution in [0.3, 0.4) is 0 Å². The predicted molar refractivity (Wildman–Crippen MR) is 125 cm³/mol. The van der Waals surface area contributed by atoms with Gasteiger partial charge in [0, 0.05) is 6.04 Å². The number of thioether (sulfide) groups is 1. The Balaban J connectivity index is 1.46. The molecule has 1 saturated carbocycles. The minimum absolute atomic E-state index is 0.0833. The molecule has 9 heteroatoms. The number of rotatable bonds is 6. The molecule has 2 heterocycles. The number of fused-ring (bicyclic) bond motifs is 1. The molecular formula is C24H21FN6OS. The molecule has 0 spiro atoms. The van der Waals surface area contributed by atoms with Gasteiger partial charge in [-0.05, 0) is 37.1 Å². The maximum absolute atomic E-state index is 14.5. The van der Waals surface area contributed by atoms with Gasteiger partial charge in [0.25, 0.3) is 0 Å². The second-order valence-corrected chi connectivity index (χ2v) is 8.86. The lowest BCUT2D eigenvalue weighted by Crippen LogP contribution is -2.09. The summed E-state index contributed by atoms with van der Waals surface area (Å²) in [6, 6.07) is 16.2. The fraction of sp³-hybridized carbons (Fsp3) is 0.250. The molecule has 0 bridgehead atoms. The van der Waals surface area contributed by atoms with E-state index in [9.17, 15) is 14.8 Å². The van der Waals surface area contributed by atoms with Gasteiger partial charge in [0.15, 0.2) is 16.8 Å². The first kappa shape index (κ1) is 21.2. The van der Waals surface area contributed by atoms with E-state index in [1.807, 2.05) is 28.8 Å². The van der Waals surface area contributed by atoms with E-state index in [-0.39, 0.29) is 28.9 Å². The molecule has 0 radical (unpaired) electrons. The fourth-order valence-electron chi connectivity index (χ4n) is 4.22. The van der Waals surface area contributed by atoms with Crippen LogP contribution in [0.15, 0.2) is 59.4 Å². The third-order valence-electron chi connectivity index (χ3n) is 5.83. The van der Waals surface area contributed by atoms with Crippen molar-refractivity contribution in [1.29, 1.82) is 5.26 Å². The van der Waals surface area contributed by atoms with E-state index in [1.165, 1.54) is 17.8 Å². The first-order valence-corrected chi connectivity index (χ1v) is 11.7. The van der Waals surface area contributed by atoms with Crippen molar-refractivity contribution in [3.8, 4) is 17.5 Å². The summed E-state index contributed by atoms with van der Waals surface area (Å²) in [6.07, 6.45) is 4.13. The van der Waals surface area contributed by atoms with Gasteiger partial charge in [-0.25, -0.2) is 9.37 Å². The second-order valence-electron chi connectivity index (χ2n) is 7.92. The van der Waals surface area contributed by atoms with Crippen molar-refractivity contribution in [3.63, 3.8) is 0 Å². The lowest BCUT2D eigenvalue weighted by atomic mass is 10.1. The van der Waals surface area contributed by atoms with Crippen LogP contribution in [0.1, 0.15) is 37.5 Å². The summed E-state index contributed by atoms with van der Waals surface area (Å²) in [4.78, 5) is 7.49. The van der Waals surface area contributed by atoms with Crippen molar-refractivity contribution >= 4 is 28.4 Å². The van der Waals surface area contributed by atoms with Gasteiger partial charge in [-0.1, -0.05) is 48.9 Å². The minimum atomic E-state index is -0.347. The number of nitrogens with one attached hydrogen (secondary N) is 1. The fourth-order valence-corrected chi connectivity index (χ4v) is 5.11. The maximum atomic E-state index is 14.5. The van der Waals surface area contributed by atoms with Gasteiger partial charge in [-0.15, -0.1) is 10.2 Å². The lowest BCUT2D eigenvalue weighted by Gasteiger charge is -2.17. The minimum Gasteiger partial charge on any atom is -0.510 e. The highest BCUT2D eigenvalue weighted by Gasteiger charge is 2.26. The third kappa shape index (κ3) is 4.10. The Morgan fingerprint density at radius 2 is 1.91 bits per heavy atom. The standard InChI is InChI=1S/C24H21FN6OS/c25-18-10-4-3-9-16(18)23-29-30-24(31(23)15-7-1-2-8-15)33-14-21(32)17(13-26)22-27-19-11-5-6-12-20(19)28-22/h3-6,9-12,15,32H,1-2,7-8,14H2,(H,27,28). The van der Waals surface area contributed by atoms with Crippen LogP contribution in [0.2, 0.25) is 0 Å². The molecule has 1 aliphatic rings. The molecule has 2 aromatic heterocycles. The summed E-state index contributed by atoms with van der Waals surface area (Å²) in [5.41, 5.74) is 2.00. The smallest absolute Gasteiger partial charge is 0.192 e. The summed E-state index contributed by atoms with van der Waals surface area (Å²) >= 11 is 1.27. The van der Waals surface area contributed by atoms with Crippen LogP contribution in [0.25, 0.3) is 28.0 Å². The molecule has 0 amide bonds. The summed E-state index contributed by atoms with van der Waals surface area (Å²) < 4.78 is 16.5. The van der Waals surface area contributed by atoms with Crippen molar-refractivity contribution in [2.24, 2.45) is 0 Å². The van der Waals surface area contributed by atoms with Gasteiger partial charge in [0.1, 0.15) is 23.2 Å². The molecule has 5 rings (SSSR count). The van der Waals surface area contributed by atoms with Crippen LogP contribution < -0.4 is 0 Å². The normalized spacial score (nSPS) is 15.0. The number of hydrogen-bond acceptors (Lipinski definition) is 6. The molecule has 0 aliphatic heterocycles. The number of aromatic nitrogens is 5. The topological polar surface area (TPSA) is 103 Å². The van der Waals surface area contributed by atoms with Crippen molar-refractivity contribution in [1.82, 2.24) is 24.7 Å². The summed E-state index contributed by atoms with van der Waals surface area (Å²) in [5.74, 6) is 0.474. The van der Waals surface area contributed by atoms with E-state index in [1.54, 1.807) is 18.2 Å². The van der Waals surface area contributed by atoms with Crippen molar-refractivity contribution < 1.29 is 9.50 Å². The zero-order valence-electron chi connectivity index (χ0n) is 17.7. The average molecular weight is 461 g/mol. The van der Waals surface area contributed by atoms with Crippen LogP contribution in [0.5, 0.6) is 0 Å². The highest BCUT2D eigenvalue weighted by atomic mass is 32.2. The number of aromatic amines is 1. The Bertz CT molecular complexity index is 1350. The van der Waals surface area contributed by atoms with Gasteiger partial charge >= 0.3 is 0 Å². The van der Waals surface area contributed by atoms with Crippen LogP contribution in [0.4, 0.5) is 4.39 Å². The Hall–Kier alpha value is -3.64. The number of allylic oxidation sites excluding steroid dienone is 1. The molecule has 0 unspecified atom stereocenters. The van der Waals surface area contributed by atoms with E-state index in [2.05, 4.69) is 26.2 Å². The number of benzene rings is 2. The Morgan fingerprint density at radius 1 is 1.15 bits per heavy atom. The Kier molecular flexibility index (Phi) is 5.84. The monoisotopic (exact) mass is 460 g/mol. The van der Waals surface area contributed by atoms with E-state index >= 15 is 0 Å². The Morgan fingerprint density at radius 3 is 2.67 bits per heavy atom. The molecule has 2 N–H and O–H groups in total. The third-order valence-corrected chi connectivity index (χ3v) is 6.79. The number of H-pyrrole nitrogens is 1. The molecular weight excluding hydrogens is 439 g/mol. The highest BCUT2D eigenvalue weighted by Crippen LogP contribution is 2.37. The molecule has 7 nitrogen and oxygen atoms in total. The van der Waals surface area contributed by atoms with Crippen molar-refractivity contribution in [3.05, 3.63) is 65.9 Å². The number of halogens is 1. The molecule has 1 aliphatic carbocycles. The SMILES string of the molecule is N#CC(=C(O)CSc1nnc(-c2ccccc2F)n1C1CCCC1)c1nc2ccccc2[nH]1. The number of aliphatic hydroxyl groups excluding tert-OH is 1. The molecule has 4 aromatic rings. The number of nitrogens with zero attached hydrogens (tertiary/aromatic N) is 5. The van der Waals surface area contributed by atoms with E-state index in [0.717, 1.165) is 36.7 Å². The van der Waals surface area contributed by atoms with Crippen LogP contribution in [-0.4, -0.2) is 35.6 Å². The van der Waals surface area contributed by atoms with Crippen LogP contribution in [0, 0.1) is 17.1 Å². The molecule has 0 saturated heterocycles.